The molecular formula is C28H31F2N5O4S. The molecule has 12 heteroatoms. The van der Waals surface area contributed by atoms with Gasteiger partial charge in [0.2, 0.25) is 5.91 Å². The van der Waals surface area contributed by atoms with Crippen LogP contribution in [-0.4, -0.2) is 66.0 Å². The van der Waals surface area contributed by atoms with Crippen LogP contribution >= 0.6 is 10.0 Å². The Labute approximate surface area is 233 Å². The number of halogens is 2. The van der Waals surface area contributed by atoms with Crippen molar-refractivity contribution in [2.24, 2.45) is 0 Å². The number of hydrogen-bond acceptors (Lipinski definition) is 7. The van der Waals surface area contributed by atoms with Crippen LogP contribution in [0.25, 0.3) is 11.4 Å². The van der Waals surface area contributed by atoms with Crippen LogP contribution in [0, 0.1) is 23.0 Å². The van der Waals surface area contributed by atoms with Gasteiger partial charge in [0.15, 0.2) is 23.1 Å². The molecule has 0 atom stereocenters. The van der Waals surface area contributed by atoms with E-state index in [1.807, 2.05) is 0 Å². The van der Waals surface area contributed by atoms with Crippen LogP contribution in [0.2, 0.25) is 0 Å². The minimum atomic E-state index is -0.978. The van der Waals surface area contributed by atoms with E-state index in [1.165, 1.54) is 20.4 Å². The van der Waals surface area contributed by atoms with E-state index in [-0.39, 0.29) is 24.8 Å². The Morgan fingerprint density at radius 3 is 2.35 bits per heavy atom. The Hall–Kier alpha value is -3.69. The van der Waals surface area contributed by atoms with E-state index in [0.29, 0.717) is 42.0 Å². The van der Waals surface area contributed by atoms with E-state index in [1.54, 1.807) is 16.9 Å². The van der Waals surface area contributed by atoms with Gasteiger partial charge in [0.1, 0.15) is 24.2 Å². The number of aromatic nitrogens is 3. The van der Waals surface area contributed by atoms with Crippen molar-refractivity contribution in [3.05, 3.63) is 52.9 Å². The number of rotatable bonds is 9. The number of methoxy groups -OCH3 is 2. The van der Waals surface area contributed by atoms with Crippen LogP contribution in [0.3, 0.4) is 0 Å². The molecule has 212 valence electrons. The zero-order valence-electron chi connectivity index (χ0n) is 23.1. The maximum absolute atomic E-state index is 15.3. The van der Waals surface area contributed by atoms with Crippen molar-refractivity contribution in [3.63, 3.8) is 0 Å². The van der Waals surface area contributed by atoms with Gasteiger partial charge in [0.25, 0.3) is 0 Å². The second-order valence-electron chi connectivity index (χ2n) is 10.8. The molecule has 0 N–H and O–H groups in total. The zero-order chi connectivity index (χ0) is 28.8. The average Bonchev–Trinajstić information content (AvgIpc) is 3.62. The molecule has 0 radical (unpaired) electrons. The Morgan fingerprint density at radius 1 is 1.10 bits per heavy atom. The van der Waals surface area contributed by atoms with E-state index in [9.17, 15) is 10.1 Å². The molecule has 3 aromatic rings. The van der Waals surface area contributed by atoms with Gasteiger partial charge < -0.3 is 19.1 Å². The standard InChI is InChI=1S/C28H31F2N5O4S/c1-37-21-11-22(38-2)24(30)26(23(21)29)34-15-18-13-32-20(10-19(18)28(6-7-28)27(34)36)25-17(12-31)14-33-35(25)16-39-8-9-40(3,4)5/h10-11,13-14H,6-9,15-16H2,1-5H3. The molecule has 5 rings (SSSR count). The van der Waals surface area contributed by atoms with Gasteiger partial charge in [-0.25, -0.2) is 23.5 Å². The zero-order valence-corrected chi connectivity index (χ0v) is 23.9. The fourth-order valence-corrected chi connectivity index (χ4v) is 5.61. The van der Waals surface area contributed by atoms with Gasteiger partial charge in [-0.3, -0.25) is 9.78 Å². The fourth-order valence-electron chi connectivity index (χ4n) is 4.99. The topological polar surface area (TPSA) is 103 Å². The van der Waals surface area contributed by atoms with Gasteiger partial charge in [0, 0.05) is 18.0 Å². The minimum absolute atomic E-state index is 0.0873. The molecule has 1 amide bonds. The van der Waals surface area contributed by atoms with Crippen LogP contribution in [0.1, 0.15) is 29.5 Å². The number of carbonyl (C=O) groups is 1. The number of nitrogens with zero attached hydrogens (tertiary/aromatic N) is 5. The molecule has 3 heterocycles. The largest absolute Gasteiger partial charge is 0.493 e. The lowest BCUT2D eigenvalue weighted by molar-refractivity contribution is -0.121. The minimum Gasteiger partial charge on any atom is -0.493 e. The highest BCUT2D eigenvalue weighted by molar-refractivity contribution is 8.32. The molecule has 9 nitrogen and oxygen atoms in total. The lowest BCUT2D eigenvalue weighted by atomic mass is 9.86. The Morgan fingerprint density at radius 2 is 1.77 bits per heavy atom. The SMILES string of the molecule is COc1cc(OC)c(F)c(N2Cc3cnc(-c4c(C#N)cnn4COCCS(C)(C)C)cc3C3(CC3)C2=O)c1F. The van der Waals surface area contributed by atoms with Crippen molar-refractivity contribution in [1.29, 1.82) is 5.26 Å². The molecule has 1 aromatic carbocycles. The van der Waals surface area contributed by atoms with E-state index in [2.05, 4.69) is 34.9 Å². The maximum atomic E-state index is 15.3. The predicted molar refractivity (Wildman–Crippen MR) is 148 cm³/mol. The summed E-state index contributed by atoms with van der Waals surface area (Å²) in [5.74, 6) is -1.88. The first kappa shape index (κ1) is 27.9. The summed E-state index contributed by atoms with van der Waals surface area (Å²) in [5, 5.41) is 14.1. The van der Waals surface area contributed by atoms with E-state index >= 15 is 8.78 Å². The molecule has 2 aromatic heterocycles. The fraction of sp³-hybridized carbons (Fsp3) is 0.429. The number of fused-ring (bicyclic) bond motifs is 2. The van der Waals surface area contributed by atoms with Crippen LogP contribution in [0.4, 0.5) is 14.5 Å². The van der Waals surface area contributed by atoms with Gasteiger partial charge in [-0.1, -0.05) is 0 Å². The first-order valence-electron chi connectivity index (χ1n) is 12.7. The highest BCUT2D eigenvalue weighted by Crippen LogP contribution is 2.55. The summed E-state index contributed by atoms with van der Waals surface area (Å²) in [6, 6.07) is 5.07. The number of pyridine rings is 1. The monoisotopic (exact) mass is 571 g/mol. The van der Waals surface area contributed by atoms with Crippen LogP contribution < -0.4 is 14.4 Å². The molecule has 0 saturated heterocycles. The number of ether oxygens (including phenoxy) is 3. The number of benzene rings is 1. The molecule has 1 saturated carbocycles. The van der Waals surface area contributed by atoms with Gasteiger partial charge in [-0.2, -0.15) is 10.4 Å². The van der Waals surface area contributed by atoms with Crippen molar-refractivity contribution in [1.82, 2.24) is 14.8 Å². The summed E-state index contributed by atoms with van der Waals surface area (Å²) in [6.07, 6.45) is 10.7. The van der Waals surface area contributed by atoms with Crippen molar-refractivity contribution >= 4 is 21.6 Å². The Bertz CT molecular complexity index is 1500. The molecule has 1 aliphatic carbocycles. The smallest absolute Gasteiger partial charge is 0.238 e. The highest BCUT2D eigenvalue weighted by Gasteiger charge is 2.57. The maximum Gasteiger partial charge on any atom is 0.238 e. The molecule has 0 unspecified atom stereocenters. The molecule has 1 spiro atoms. The van der Waals surface area contributed by atoms with E-state index in [0.717, 1.165) is 22.3 Å². The van der Waals surface area contributed by atoms with Crippen LogP contribution in [0.5, 0.6) is 11.5 Å². The second kappa shape index (κ2) is 10.4. The van der Waals surface area contributed by atoms with Gasteiger partial charge in [-0.05, 0) is 48.8 Å². The molecular weight excluding hydrogens is 540 g/mol. The van der Waals surface area contributed by atoms with Crippen LogP contribution in [-0.2, 0) is 28.2 Å². The van der Waals surface area contributed by atoms with Crippen molar-refractivity contribution in [3.8, 4) is 29.0 Å². The third-order valence-corrected chi connectivity index (χ3v) is 8.70. The number of carbonyl (C=O) groups excluding carboxylic acids is 1. The number of amides is 1. The quantitative estimate of drug-likeness (QED) is 0.352. The van der Waals surface area contributed by atoms with E-state index < -0.39 is 38.7 Å². The summed E-state index contributed by atoms with van der Waals surface area (Å²) in [6.45, 7) is 0.628. The lowest BCUT2D eigenvalue weighted by Gasteiger charge is -2.35. The third-order valence-electron chi connectivity index (χ3n) is 7.31. The third kappa shape index (κ3) is 4.77. The summed E-state index contributed by atoms with van der Waals surface area (Å²) in [7, 11) is 1.81. The molecule has 0 bridgehead atoms. The normalized spacial score (nSPS) is 16.1. The Balaban J connectivity index is 1.52. The van der Waals surface area contributed by atoms with Crippen molar-refractivity contribution in [2.75, 3.05) is 50.2 Å². The van der Waals surface area contributed by atoms with Crippen molar-refractivity contribution < 1.29 is 27.8 Å². The summed E-state index contributed by atoms with van der Waals surface area (Å²) in [4.78, 5) is 19.5. The second-order valence-corrected chi connectivity index (χ2v) is 15.4. The molecule has 1 fully saturated rings. The molecule has 2 aliphatic rings. The first-order valence-corrected chi connectivity index (χ1v) is 15.7. The highest BCUT2D eigenvalue weighted by atomic mass is 32.3. The predicted octanol–water partition coefficient (Wildman–Crippen LogP) is 4.36. The van der Waals surface area contributed by atoms with Gasteiger partial charge in [0.05, 0.1) is 50.2 Å². The Kier molecular flexibility index (Phi) is 7.22. The van der Waals surface area contributed by atoms with Crippen LogP contribution in [0.15, 0.2) is 24.5 Å². The van der Waals surface area contributed by atoms with Crippen molar-refractivity contribution in [2.45, 2.75) is 31.5 Å². The summed E-state index contributed by atoms with van der Waals surface area (Å²) in [5.41, 5.74) is 1.25. The molecule has 1 aliphatic heterocycles. The first-order chi connectivity index (χ1) is 19.0. The number of anilines is 1. The van der Waals surface area contributed by atoms with Gasteiger partial charge in [-0.15, -0.1) is 0 Å². The van der Waals surface area contributed by atoms with Gasteiger partial charge >= 0.3 is 0 Å². The molecule has 40 heavy (non-hydrogen) atoms. The van der Waals surface area contributed by atoms with E-state index in [4.69, 9.17) is 14.2 Å². The lowest BCUT2D eigenvalue weighted by Crippen LogP contribution is -2.45. The average molecular weight is 572 g/mol. The number of hydrogen-bond donors (Lipinski definition) is 0. The number of nitriles is 1. The summed E-state index contributed by atoms with van der Waals surface area (Å²) < 4.78 is 48.3. The summed E-state index contributed by atoms with van der Waals surface area (Å²) >= 11 is 0.